The number of hydrogen-bond donors (Lipinski definition) is 0. The molecule has 1 aromatic rings. The molecule has 100 valence electrons. The smallest absolute Gasteiger partial charge is 0.348 e. The van der Waals surface area contributed by atoms with Crippen LogP contribution in [0.15, 0.2) is 18.2 Å². The van der Waals surface area contributed by atoms with Gasteiger partial charge in [0.25, 0.3) is 0 Å². The van der Waals surface area contributed by atoms with Gasteiger partial charge in [-0.3, -0.25) is 0 Å². The van der Waals surface area contributed by atoms with Gasteiger partial charge in [0, 0.05) is 5.56 Å². The highest BCUT2D eigenvalue weighted by molar-refractivity contribution is 5.32. The third-order valence-corrected chi connectivity index (χ3v) is 2.85. The zero-order valence-corrected chi connectivity index (χ0v) is 10.3. The Balaban J connectivity index is 2.30. The van der Waals surface area contributed by atoms with Crippen LogP contribution in [0.5, 0.6) is 0 Å². The maximum Gasteiger partial charge on any atom is 0.416 e. The van der Waals surface area contributed by atoms with Gasteiger partial charge in [-0.2, -0.15) is 13.2 Å². The molecule has 0 bridgehead atoms. The fourth-order valence-electron chi connectivity index (χ4n) is 1.95. The third kappa shape index (κ3) is 3.03. The first kappa shape index (κ1) is 13.4. The SMILES string of the molecule is Cc1cc(C2OCCC(C)O2)cc(C(F)(F)F)c1. The average molecular weight is 260 g/mol. The Morgan fingerprint density at radius 1 is 1.22 bits per heavy atom. The number of aryl methyl sites for hydroxylation is 1. The largest absolute Gasteiger partial charge is 0.416 e. The molecule has 5 heteroatoms. The second-order valence-corrected chi connectivity index (χ2v) is 4.57. The minimum Gasteiger partial charge on any atom is -0.348 e. The number of rotatable bonds is 1. The second-order valence-electron chi connectivity index (χ2n) is 4.57. The fraction of sp³-hybridized carbons (Fsp3) is 0.538. The highest BCUT2D eigenvalue weighted by Gasteiger charge is 2.32. The molecule has 0 spiro atoms. The molecule has 1 saturated heterocycles. The normalized spacial score (nSPS) is 25.2. The molecule has 0 radical (unpaired) electrons. The molecule has 2 nitrogen and oxygen atoms in total. The summed E-state index contributed by atoms with van der Waals surface area (Å²) in [6.45, 7) is 4.02. The quantitative estimate of drug-likeness (QED) is 0.763. The van der Waals surface area contributed by atoms with E-state index in [1.54, 1.807) is 13.0 Å². The summed E-state index contributed by atoms with van der Waals surface area (Å²) in [6.07, 6.45) is -4.29. The van der Waals surface area contributed by atoms with Crippen LogP contribution >= 0.6 is 0 Å². The Morgan fingerprint density at radius 3 is 2.56 bits per heavy atom. The Kier molecular flexibility index (Phi) is 3.64. The first-order chi connectivity index (χ1) is 8.36. The molecular weight excluding hydrogens is 245 g/mol. The van der Waals surface area contributed by atoms with Crippen LogP contribution in [-0.4, -0.2) is 12.7 Å². The second kappa shape index (κ2) is 4.90. The first-order valence-electron chi connectivity index (χ1n) is 5.82. The summed E-state index contributed by atoms with van der Waals surface area (Å²) >= 11 is 0. The fourth-order valence-corrected chi connectivity index (χ4v) is 1.95. The number of ether oxygens (including phenoxy) is 2. The topological polar surface area (TPSA) is 18.5 Å². The molecule has 0 aromatic heterocycles. The van der Waals surface area contributed by atoms with Gasteiger partial charge in [0.1, 0.15) is 0 Å². The summed E-state index contributed by atoms with van der Waals surface area (Å²) in [6, 6.07) is 3.88. The molecule has 1 fully saturated rings. The van der Waals surface area contributed by atoms with E-state index in [9.17, 15) is 13.2 Å². The van der Waals surface area contributed by atoms with Crippen molar-refractivity contribution >= 4 is 0 Å². The van der Waals surface area contributed by atoms with Crippen LogP contribution in [0.2, 0.25) is 0 Å². The Labute approximate surface area is 104 Å². The molecular formula is C13H15F3O2. The summed E-state index contributed by atoms with van der Waals surface area (Å²) < 4.78 is 49.0. The van der Waals surface area contributed by atoms with Crippen molar-refractivity contribution in [1.82, 2.24) is 0 Å². The van der Waals surface area contributed by atoms with E-state index < -0.39 is 18.0 Å². The predicted molar refractivity (Wildman–Crippen MR) is 60.0 cm³/mol. The molecule has 0 N–H and O–H groups in total. The van der Waals surface area contributed by atoms with Crippen molar-refractivity contribution in [2.75, 3.05) is 6.61 Å². The van der Waals surface area contributed by atoms with Gasteiger partial charge in [0.05, 0.1) is 18.3 Å². The van der Waals surface area contributed by atoms with Gasteiger partial charge >= 0.3 is 6.18 Å². The van der Waals surface area contributed by atoms with Gasteiger partial charge in [-0.1, -0.05) is 11.6 Å². The summed E-state index contributed by atoms with van der Waals surface area (Å²) in [7, 11) is 0. The molecule has 2 unspecified atom stereocenters. The maximum atomic E-state index is 12.7. The minimum atomic E-state index is -4.35. The summed E-state index contributed by atoms with van der Waals surface area (Å²) in [5.41, 5.74) is 0.307. The van der Waals surface area contributed by atoms with Crippen molar-refractivity contribution in [2.24, 2.45) is 0 Å². The van der Waals surface area contributed by atoms with E-state index in [0.717, 1.165) is 18.6 Å². The average Bonchev–Trinajstić information content (AvgIpc) is 2.27. The van der Waals surface area contributed by atoms with Crippen molar-refractivity contribution in [3.63, 3.8) is 0 Å². The number of benzene rings is 1. The summed E-state index contributed by atoms with van der Waals surface area (Å²) in [4.78, 5) is 0. The van der Waals surface area contributed by atoms with E-state index in [4.69, 9.17) is 9.47 Å². The molecule has 1 aliphatic heterocycles. The van der Waals surface area contributed by atoms with E-state index in [2.05, 4.69) is 0 Å². The van der Waals surface area contributed by atoms with Crippen LogP contribution in [0, 0.1) is 6.92 Å². The number of halogens is 3. The van der Waals surface area contributed by atoms with Gasteiger partial charge in [-0.25, -0.2) is 0 Å². The molecule has 18 heavy (non-hydrogen) atoms. The van der Waals surface area contributed by atoms with Gasteiger partial charge in [0.15, 0.2) is 6.29 Å². The van der Waals surface area contributed by atoms with Crippen LogP contribution in [0.4, 0.5) is 13.2 Å². The highest BCUT2D eigenvalue weighted by atomic mass is 19.4. The molecule has 1 aromatic carbocycles. The Bertz CT molecular complexity index is 429. The van der Waals surface area contributed by atoms with Crippen molar-refractivity contribution in [3.8, 4) is 0 Å². The van der Waals surface area contributed by atoms with E-state index in [-0.39, 0.29) is 6.10 Å². The molecule has 1 aliphatic rings. The van der Waals surface area contributed by atoms with Crippen molar-refractivity contribution in [3.05, 3.63) is 34.9 Å². The van der Waals surface area contributed by atoms with Crippen LogP contribution in [0.1, 0.15) is 36.3 Å². The lowest BCUT2D eigenvalue weighted by Gasteiger charge is -2.29. The van der Waals surface area contributed by atoms with Crippen LogP contribution in [-0.2, 0) is 15.7 Å². The van der Waals surface area contributed by atoms with Crippen molar-refractivity contribution in [2.45, 2.75) is 38.8 Å². The van der Waals surface area contributed by atoms with Crippen LogP contribution in [0.3, 0.4) is 0 Å². The van der Waals surface area contributed by atoms with Crippen LogP contribution < -0.4 is 0 Å². The molecule has 2 rings (SSSR count). The van der Waals surface area contributed by atoms with Crippen molar-refractivity contribution < 1.29 is 22.6 Å². The lowest BCUT2D eigenvalue weighted by molar-refractivity contribution is -0.212. The van der Waals surface area contributed by atoms with E-state index in [1.807, 2.05) is 6.92 Å². The maximum absolute atomic E-state index is 12.7. The minimum absolute atomic E-state index is 0.00130. The zero-order chi connectivity index (χ0) is 13.3. The molecule has 0 amide bonds. The van der Waals surface area contributed by atoms with Gasteiger partial charge in [-0.05, 0) is 32.4 Å². The van der Waals surface area contributed by atoms with Gasteiger partial charge < -0.3 is 9.47 Å². The summed E-state index contributed by atoms with van der Waals surface area (Å²) in [5.74, 6) is 0. The summed E-state index contributed by atoms with van der Waals surface area (Å²) in [5, 5.41) is 0. The Morgan fingerprint density at radius 2 is 1.94 bits per heavy atom. The van der Waals surface area contributed by atoms with E-state index in [1.165, 1.54) is 0 Å². The monoisotopic (exact) mass is 260 g/mol. The van der Waals surface area contributed by atoms with E-state index >= 15 is 0 Å². The third-order valence-electron chi connectivity index (χ3n) is 2.85. The lowest BCUT2D eigenvalue weighted by atomic mass is 10.1. The number of hydrogen-bond acceptors (Lipinski definition) is 2. The molecule has 0 saturated carbocycles. The predicted octanol–water partition coefficient (Wildman–Crippen LogP) is 3.84. The first-order valence-corrected chi connectivity index (χ1v) is 5.82. The van der Waals surface area contributed by atoms with E-state index in [0.29, 0.717) is 17.7 Å². The Hall–Kier alpha value is -1.07. The van der Waals surface area contributed by atoms with Crippen molar-refractivity contribution in [1.29, 1.82) is 0 Å². The molecule has 2 atom stereocenters. The standard InChI is InChI=1S/C13H15F3O2/c1-8-5-10(7-11(6-8)13(14,15)16)12-17-4-3-9(2)18-12/h5-7,9,12H,3-4H2,1-2H3. The zero-order valence-electron chi connectivity index (χ0n) is 10.3. The molecule has 1 heterocycles. The molecule has 0 aliphatic carbocycles. The number of alkyl halides is 3. The van der Waals surface area contributed by atoms with Gasteiger partial charge in [0.2, 0.25) is 0 Å². The highest BCUT2D eigenvalue weighted by Crippen LogP contribution is 2.34. The lowest BCUT2D eigenvalue weighted by Crippen LogP contribution is -2.24. The van der Waals surface area contributed by atoms with Gasteiger partial charge in [-0.15, -0.1) is 0 Å². The van der Waals surface area contributed by atoms with Crippen LogP contribution in [0.25, 0.3) is 0 Å².